The Morgan fingerprint density at radius 1 is 1.53 bits per heavy atom. The van der Waals surface area contributed by atoms with Crippen LogP contribution in [0.15, 0.2) is 5.16 Å². The summed E-state index contributed by atoms with van der Waals surface area (Å²) in [6, 6.07) is 0.542. The highest BCUT2D eigenvalue weighted by molar-refractivity contribution is 5.84. The maximum Gasteiger partial charge on any atom is 0.156 e. The van der Waals surface area contributed by atoms with Crippen LogP contribution in [0, 0.1) is 0 Å². The molecule has 5 heteroatoms. The number of amidine groups is 1. The van der Waals surface area contributed by atoms with Gasteiger partial charge in [-0.1, -0.05) is 5.16 Å². The molecule has 1 fully saturated rings. The van der Waals surface area contributed by atoms with Crippen LogP contribution in [0.4, 0.5) is 0 Å². The van der Waals surface area contributed by atoms with Crippen LogP contribution in [0.3, 0.4) is 0 Å². The molecule has 0 aromatic heterocycles. The fourth-order valence-corrected chi connectivity index (χ4v) is 2.01. The van der Waals surface area contributed by atoms with Crippen molar-refractivity contribution in [3.8, 4) is 0 Å². The molecule has 0 bridgehead atoms. The lowest BCUT2D eigenvalue weighted by Gasteiger charge is -2.37. The second-order valence-electron chi connectivity index (χ2n) is 4.40. The Hall–Kier alpha value is -0.810. The number of hydrogen-bond acceptors (Lipinski definition) is 4. The van der Waals surface area contributed by atoms with Crippen molar-refractivity contribution in [2.45, 2.75) is 31.8 Å². The minimum atomic E-state index is 0.00315. The summed E-state index contributed by atoms with van der Waals surface area (Å²) in [5, 5.41) is 11.7. The van der Waals surface area contributed by atoms with Gasteiger partial charge in [0.2, 0.25) is 0 Å². The van der Waals surface area contributed by atoms with Gasteiger partial charge in [-0.2, -0.15) is 0 Å². The SMILES string of the molecule is CC(C(N)=NO)N(C)C1CCN(C)CC1. The second kappa shape index (κ2) is 5.32. The lowest BCUT2D eigenvalue weighted by molar-refractivity contribution is 0.132. The van der Waals surface area contributed by atoms with E-state index in [4.69, 9.17) is 10.9 Å². The van der Waals surface area contributed by atoms with E-state index in [0.717, 1.165) is 25.9 Å². The van der Waals surface area contributed by atoms with E-state index in [1.165, 1.54) is 0 Å². The Bertz CT molecular complexity index is 223. The molecule has 0 spiro atoms. The summed E-state index contributed by atoms with van der Waals surface area (Å²) in [7, 11) is 4.18. The van der Waals surface area contributed by atoms with E-state index in [1.54, 1.807) is 0 Å². The first-order valence-corrected chi connectivity index (χ1v) is 5.44. The zero-order chi connectivity index (χ0) is 11.4. The van der Waals surface area contributed by atoms with Crippen LogP contribution in [-0.2, 0) is 0 Å². The highest BCUT2D eigenvalue weighted by Gasteiger charge is 2.25. The molecule has 1 unspecified atom stereocenters. The topological polar surface area (TPSA) is 65.1 Å². The van der Waals surface area contributed by atoms with Crippen LogP contribution in [-0.4, -0.2) is 60.1 Å². The molecule has 0 amide bonds. The van der Waals surface area contributed by atoms with Crippen LogP contribution in [0.25, 0.3) is 0 Å². The van der Waals surface area contributed by atoms with Gasteiger partial charge in [-0.25, -0.2) is 0 Å². The predicted octanol–water partition coefficient (Wildman–Crippen LogP) is 0.147. The predicted molar refractivity (Wildman–Crippen MR) is 61.2 cm³/mol. The van der Waals surface area contributed by atoms with Crippen molar-refractivity contribution >= 4 is 5.84 Å². The first kappa shape index (κ1) is 12.3. The van der Waals surface area contributed by atoms with Gasteiger partial charge in [-0.15, -0.1) is 0 Å². The van der Waals surface area contributed by atoms with Crippen LogP contribution in [0.5, 0.6) is 0 Å². The van der Waals surface area contributed by atoms with E-state index in [9.17, 15) is 0 Å². The average molecular weight is 214 g/mol. The van der Waals surface area contributed by atoms with E-state index in [2.05, 4.69) is 22.0 Å². The van der Waals surface area contributed by atoms with Crippen molar-refractivity contribution in [1.29, 1.82) is 0 Å². The van der Waals surface area contributed by atoms with Crippen LogP contribution < -0.4 is 5.73 Å². The van der Waals surface area contributed by atoms with Gasteiger partial charge in [0.25, 0.3) is 0 Å². The van der Waals surface area contributed by atoms with Gasteiger partial charge in [0, 0.05) is 6.04 Å². The zero-order valence-corrected chi connectivity index (χ0v) is 9.85. The number of piperidine rings is 1. The summed E-state index contributed by atoms with van der Waals surface area (Å²) in [6.45, 7) is 4.21. The van der Waals surface area contributed by atoms with Crippen molar-refractivity contribution in [3.63, 3.8) is 0 Å². The van der Waals surface area contributed by atoms with Gasteiger partial charge in [-0.3, -0.25) is 4.90 Å². The van der Waals surface area contributed by atoms with Gasteiger partial charge < -0.3 is 15.8 Å². The van der Waals surface area contributed by atoms with Crippen LogP contribution in [0.1, 0.15) is 19.8 Å². The molecule has 0 aliphatic carbocycles. The molecule has 5 nitrogen and oxygen atoms in total. The summed E-state index contributed by atoms with van der Waals surface area (Å²) in [4.78, 5) is 4.53. The molecule has 0 aromatic carbocycles. The van der Waals surface area contributed by atoms with Crippen LogP contribution in [0.2, 0.25) is 0 Å². The van der Waals surface area contributed by atoms with Gasteiger partial charge in [0.1, 0.15) is 0 Å². The van der Waals surface area contributed by atoms with E-state index in [-0.39, 0.29) is 11.9 Å². The smallest absolute Gasteiger partial charge is 0.156 e. The molecule has 1 rings (SSSR count). The third-order valence-electron chi connectivity index (χ3n) is 3.42. The molecule has 1 heterocycles. The van der Waals surface area contributed by atoms with Crippen molar-refractivity contribution in [3.05, 3.63) is 0 Å². The fraction of sp³-hybridized carbons (Fsp3) is 0.900. The Morgan fingerprint density at radius 3 is 2.53 bits per heavy atom. The van der Waals surface area contributed by atoms with Gasteiger partial charge in [-0.05, 0) is 47.0 Å². The third kappa shape index (κ3) is 3.07. The maximum absolute atomic E-state index is 8.62. The third-order valence-corrected chi connectivity index (χ3v) is 3.42. The van der Waals surface area contributed by atoms with Crippen LogP contribution >= 0.6 is 0 Å². The Labute approximate surface area is 91.5 Å². The molecule has 88 valence electrons. The number of rotatable bonds is 3. The second-order valence-corrected chi connectivity index (χ2v) is 4.40. The molecule has 1 aliphatic heterocycles. The summed E-state index contributed by atoms with van der Waals surface area (Å²) >= 11 is 0. The summed E-state index contributed by atoms with van der Waals surface area (Å²) in [5.41, 5.74) is 5.60. The molecular weight excluding hydrogens is 192 g/mol. The molecule has 1 aliphatic rings. The normalized spacial score (nSPS) is 23.3. The molecule has 0 aromatic rings. The largest absolute Gasteiger partial charge is 0.409 e. The number of nitrogens with zero attached hydrogens (tertiary/aromatic N) is 3. The first-order chi connectivity index (χ1) is 7.06. The van der Waals surface area contributed by atoms with Crippen molar-refractivity contribution < 1.29 is 5.21 Å². The summed E-state index contributed by atoms with van der Waals surface area (Å²) < 4.78 is 0. The van der Waals surface area contributed by atoms with Crippen molar-refractivity contribution in [1.82, 2.24) is 9.80 Å². The van der Waals surface area contributed by atoms with E-state index in [0.29, 0.717) is 6.04 Å². The molecule has 1 atom stereocenters. The zero-order valence-electron chi connectivity index (χ0n) is 9.85. The number of likely N-dealkylation sites (N-methyl/N-ethyl adjacent to an activating group) is 1. The first-order valence-electron chi connectivity index (χ1n) is 5.44. The van der Waals surface area contributed by atoms with E-state index < -0.39 is 0 Å². The maximum atomic E-state index is 8.62. The highest BCUT2D eigenvalue weighted by atomic mass is 16.4. The lowest BCUT2D eigenvalue weighted by Crippen LogP contribution is -2.49. The molecule has 0 saturated carbocycles. The number of oxime groups is 1. The summed E-state index contributed by atoms with van der Waals surface area (Å²) in [5.74, 6) is 0.288. The minimum Gasteiger partial charge on any atom is -0.409 e. The number of nitrogens with two attached hydrogens (primary N) is 1. The van der Waals surface area contributed by atoms with Gasteiger partial charge >= 0.3 is 0 Å². The van der Waals surface area contributed by atoms with Gasteiger partial charge in [0.15, 0.2) is 5.84 Å². The molecule has 3 N–H and O–H groups in total. The fourth-order valence-electron chi connectivity index (χ4n) is 2.01. The Morgan fingerprint density at radius 2 is 2.07 bits per heavy atom. The summed E-state index contributed by atoms with van der Waals surface area (Å²) in [6.07, 6.45) is 2.30. The monoisotopic (exact) mass is 214 g/mol. The number of hydrogen-bond donors (Lipinski definition) is 2. The van der Waals surface area contributed by atoms with Crippen molar-refractivity contribution in [2.75, 3.05) is 27.2 Å². The van der Waals surface area contributed by atoms with E-state index in [1.807, 2.05) is 14.0 Å². The lowest BCUT2D eigenvalue weighted by atomic mass is 10.0. The molecule has 15 heavy (non-hydrogen) atoms. The quantitative estimate of drug-likeness (QED) is 0.304. The molecule has 1 saturated heterocycles. The highest BCUT2D eigenvalue weighted by Crippen LogP contribution is 2.16. The average Bonchev–Trinajstić information content (AvgIpc) is 2.27. The molecular formula is C10H22N4O. The number of likely N-dealkylation sites (tertiary alicyclic amines) is 1. The standard InChI is InChI=1S/C10H22N4O/c1-8(10(11)12-15)14(3)9-4-6-13(2)7-5-9/h8-9,15H,4-7H2,1-3H3,(H2,11,12). The Kier molecular flexibility index (Phi) is 4.35. The van der Waals surface area contributed by atoms with Crippen molar-refractivity contribution in [2.24, 2.45) is 10.9 Å². The minimum absolute atomic E-state index is 0.00315. The molecule has 0 radical (unpaired) electrons. The Balaban J connectivity index is 2.49. The van der Waals surface area contributed by atoms with Gasteiger partial charge in [0.05, 0.1) is 6.04 Å². The van der Waals surface area contributed by atoms with E-state index >= 15 is 0 Å².